The van der Waals surface area contributed by atoms with E-state index in [0.29, 0.717) is 18.2 Å². The van der Waals surface area contributed by atoms with Crippen LogP contribution in [0.4, 0.5) is 0 Å². The van der Waals surface area contributed by atoms with Gasteiger partial charge in [0, 0.05) is 46.3 Å². The Morgan fingerprint density at radius 3 is 2.93 bits per heavy atom. The first kappa shape index (κ1) is 20.4. The van der Waals surface area contributed by atoms with Crippen LogP contribution < -0.4 is 15.8 Å². The fourth-order valence-electron chi connectivity index (χ4n) is 3.74. The van der Waals surface area contributed by atoms with Gasteiger partial charge in [0.25, 0.3) is 5.91 Å². The van der Waals surface area contributed by atoms with Gasteiger partial charge in [-0.1, -0.05) is 12.1 Å². The number of likely N-dealkylation sites (tertiary alicyclic amines) is 1. The molecule has 28 heavy (non-hydrogen) atoms. The van der Waals surface area contributed by atoms with Crippen LogP contribution >= 0.6 is 0 Å². The van der Waals surface area contributed by atoms with E-state index in [1.54, 1.807) is 0 Å². The topological polar surface area (TPSA) is 92.4 Å². The first-order valence-corrected chi connectivity index (χ1v) is 9.90. The van der Waals surface area contributed by atoms with Gasteiger partial charge in [0.15, 0.2) is 12.6 Å². The Balaban J connectivity index is 1.47. The fourth-order valence-corrected chi connectivity index (χ4v) is 3.74. The number of amides is 1. The van der Waals surface area contributed by atoms with Crippen molar-refractivity contribution in [2.24, 2.45) is 16.6 Å². The SMILES string of the molecule is CN=C(NCc1cccc(OCC(N)=O)c1)N1CCC(CN2CCOCC2)C1. The molecule has 0 bridgehead atoms. The van der Waals surface area contributed by atoms with E-state index in [9.17, 15) is 4.79 Å². The van der Waals surface area contributed by atoms with Crippen LogP contribution in [0.25, 0.3) is 0 Å². The molecule has 0 aromatic heterocycles. The van der Waals surface area contributed by atoms with Gasteiger partial charge in [0.1, 0.15) is 5.75 Å². The number of guanidine groups is 1. The summed E-state index contributed by atoms with van der Waals surface area (Å²) in [5.74, 6) is 1.75. The van der Waals surface area contributed by atoms with Crippen molar-refractivity contribution in [3.63, 3.8) is 0 Å². The van der Waals surface area contributed by atoms with E-state index < -0.39 is 5.91 Å². The molecule has 1 atom stereocenters. The first-order valence-electron chi connectivity index (χ1n) is 9.90. The molecule has 1 aromatic rings. The summed E-state index contributed by atoms with van der Waals surface area (Å²) in [4.78, 5) is 20.2. The molecule has 2 aliphatic heterocycles. The van der Waals surface area contributed by atoms with E-state index in [1.165, 1.54) is 6.42 Å². The van der Waals surface area contributed by atoms with Crippen LogP contribution in [0, 0.1) is 5.92 Å². The summed E-state index contributed by atoms with van der Waals surface area (Å²) in [5.41, 5.74) is 6.19. The maximum Gasteiger partial charge on any atom is 0.255 e. The summed E-state index contributed by atoms with van der Waals surface area (Å²) in [7, 11) is 1.82. The summed E-state index contributed by atoms with van der Waals surface area (Å²) in [6.45, 7) is 7.49. The van der Waals surface area contributed by atoms with Gasteiger partial charge in [-0.25, -0.2) is 0 Å². The second-order valence-electron chi connectivity index (χ2n) is 7.32. The number of hydrogen-bond acceptors (Lipinski definition) is 5. The number of ether oxygens (including phenoxy) is 2. The standard InChI is InChI=1S/C20H31N5O3/c1-22-20(23-12-16-3-2-4-18(11-16)28-15-19(21)26)25-6-5-17(14-25)13-24-7-9-27-10-8-24/h2-4,11,17H,5-10,12-15H2,1H3,(H2,21,26)(H,22,23). The molecule has 8 heteroatoms. The van der Waals surface area contributed by atoms with Gasteiger partial charge in [-0.3, -0.25) is 14.7 Å². The molecule has 1 unspecified atom stereocenters. The molecule has 2 saturated heterocycles. The average Bonchev–Trinajstić information content (AvgIpc) is 3.16. The minimum Gasteiger partial charge on any atom is -0.484 e. The Hall–Kier alpha value is -2.32. The Labute approximate surface area is 166 Å². The number of nitrogens with one attached hydrogen (secondary N) is 1. The maximum absolute atomic E-state index is 10.9. The molecule has 2 heterocycles. The van der Waals surface area contributed by atoms with Gasteiger partial charge in [0.2, 0.25) is 0 Å². The van der Waals surface area contributed by atoms with Gasteiger partial charge in [-0.15, -0.1) is 0 Å². The lowest BCUT2D eigenvalue weighted by molar-refractivity contribution is -0.119. The van der Waals surface area contributed by atoms with Crippen molar-refractivity contribution in [2.45, 2.75) is 13.0 Å². The molecular weight excluding hydrogens is 358 g/mol. The van der Waals surface area contributed by atoms with Crippen LogP contribution in [0.2, 0.25) is 0 Å². The number of aliphatic imine (C=N–C) groups is 1. The maximum atomic E-state index is 10.9. The van der Waals surface area contributed by atoms with Crippen LogP contribution in [-0.4, -0.2) is 81.3 Å². The molecule has 2 fully saturated rings. The lowest BCUT2D eigenvalue weighted by Crippen LogP contribution is -2.42. The lowest BCUT2D eigenvalue weighted by atomic mass is 10.1. The Bertz CT molecular complexity index is 676. The molecule has 1 aromatic carbocycles. The van der Waals surface area contributed by atoms with Gasteiger partial charge in [0.05, 0.1) is 13.2 Å². The van der Waals surface area contributed by atoms with E-state index in [-0.39, 0.29) is 6.61 Å². The van der Waals surface area contributed by atoms with E-state index in [1.807, 2.05) is 31.3 Å². The molecule has 0 spiro atoms. The molecule has 8 nitrogen and oxygen atoms in total. The highest BCUT2D eigenvalue weighted by atomic mass is 16.5. The number of benzene rings is 1. The van der Waals surface area contributed by atoms with Crippen LogP contribution in [0.15, 0.2) is 29.3 Å². The molecule has 0 radical (unpaired) electrons. The number of rotatable bonds is 7. The first-order chi connectivity index (χ1) is 13.6. The predicted molar refractivity (Wildman–Crippen MR) is 108 cm³/mol. The Morgan fingerprint density at radius 2 is 2.18 bits per heavy atom. The van der Waals surface area contributed by atoms with Crippen molar-refractivity contribution in [1.29, 1.82) is 0 Å². The number of hydrogen-bond donors (Lipinski definition) is 2. The summed E-state index contributed by atoms with van der Waals surface area (Å²) >= 11 is 0. The minimum atomic E-state index is -0.482. The van der Waals surface area contributed by atoms with Crippen LogP contribution in [0.5, 0.6) is 5.75 Å². The molecular formula is C20H31N5O3. The molecule has 1 amide bonds. The predicted octanol–water partition coefficient (Wildman–Crippen LogP) is 0.280. The summed E-state index contributed by atoms with van der Waals surface area (Å²) in [6.07, 6.45) is 1.19. The normalized spacial score (nSPS) is 21.0. The second kappa shape index (κ2) is 10.3. The molecule has 0 saturated carbocycles. The molecule has 3 N–H and O–H groups in total. The minimum absolute atomic E-state index is 0.114. The number of nitrogens with zero attached hydrogens (tertiary/aromatic N) is 3. The van der Waals surface area contributed by atoms with Crippen molar-refractivity contribution in [3.05, 3.63) is 29.8 Å². The number of carbonyl (C=O) groups excluding carboxylic acids is 1. The van der Waals surface area contributed by atoms with Gasteiger partial charge in [-0.05, 0) is 30.0 Å². The Morgan fingerprint density at radius 1 is 1.36 bits per heavy atom. The summed E-state index contributed by atoms with van der Waals surface area (Å²) < 4.78 is 10.8. The quantitative estimate of drug-likeness (QED) is 0.514. The van der Waals surface area contributed by atoms with Crippen LogP contribution in [-0.2, 0) is 16.1 Å². The molecule has 0 aliphatic carbocycles. The monoisotopic (exact) mass is 389 g/mol. The van der Waals surface area contributed by atoms with Gasteiger partial charge < -0.3 is 25.4 Å². The second-order valence-corrected chi connectivity index (χ2v) is 7.32. The van der Waals surface area contributed by atoms with E-state index >= 15 is 0 Å². The highest BCUT2D eigenvalue weighted by Gasteiger charge is 2.27. The fraction of sp³-hybridized carbons (Fsp3) is 0.600. The summed E-state index contributed by atoms with van der Waals surface area (Å²) in [5, 5.41) is 3.44. The van der Waals surface area contributed by atoms with Crippen LogP contribution in [0.1, 0.15) is 12.0 Å². The van der Waals surface area contributed by atoms with Gasteiger partial charge in [-0.2, -0.15) is 0 Å². The van der Waals surface area contributed by atoms with Crippen molar-refractivity contribution in [2.75, 3.05) is 59.6 Å². The van der Waals surface area contributed by atoms with Crippen molar-refractivity contribution in [3.8, 4) is 5.75 Å². The third-order valence-electron chi connectivity index (χ3n) is 5.15. The lowest BCUT2D eigenvalue weighted by Gasteiger charge is -2.29. The van der Waals surface area contributed by atoms with Crippen molar-refractivity contribution >= 4 is 11.9 Å². The highest BCUT2D eigenvalue weighted by Crippen LogP contribution is 2.19. The zero-order valence-electron chi connectivity index (χ0n) is 16.6. The zero-order chi connectivity index (χ0) is 19.8. The number of nitrogens with two attached hydrogens (primary N) is 1. The van der Waals surface area contributed by atoms with Crippen LogP contribution in [0.3, 0.4) is 0 Å². The Kier molecular flexibility index (Phi) is 7.50. The third-order valence-corrected chi connectivity index (χ3v) is 5.15. The largest absolute Gasteiger partial charge is 0.484 e. The van der Waals surface area contributed by atoms with E-state index in [4.69, 9.17) is 15.2 Å². The summed E-state index contributed by atoms with van der Waals surface area (Å²) in [6, 6.07) is 7.65. The number of morpholine rings is 1. The number of primary amides is 1. The third kappa shape index (κ3) is 6.10. The smallest absolute Gasteiger partial charge is 0.255 e. The highest BCUT2D eigenvalue weighted by molar-refractivity contribution is 5.80. The average molecular weight is 390 g/mol. The zero-order valence-corrected chi connectivity index (χ0v) is 16.6. The molecule has 3 rings (SSSR count). The van der Waals surface area contributed by atoms with E-state index in [2.05, 4.69) is 20.1 Å². The van der Waals surface area contributed by atoms with Crippen molar-refractivity contribution in [1.82, 2.24) is 15.1 Å². The van der Waals surface area contributed by atoms with E-state index in [0.717, 1.165) is 57.5 Å². The molecule has 2 aliphatic rings. The number of carbonyl (C=O) groups is 1. The van der Waals surface area contributed by atoms with Crippen molar-refractivity contribution < 1.29 is 14.3 Å². The van der Waals surface area contributed by atoms with Gasteiger partial charge >= 0.3 is 0 Å². The molecule has 154 valence electrons.